The van der Waals surface area contributed by atoms with Crippen molar-refractivity contribution in [2.24, 2.45) is 21.5 Å². The van der Waals surface area contributed by atoms with Crippen LogP contribution < -0.4 is 16.2 Å². The summed E-state index contributed by atoms with van der Waals surface area (Å²) in [5.74, 6) is -2.86. The number of benzene rings is 1. The molecular formula is C17H18ClF5N6O. The Morgan fingerprint density at radius 1 is 1.27 bits per heavy atom. The van der Waals surface area contributed by atoms with Gasteiger partial charge in [-0.1, -0.05) is 11.6 Å². The van der Waals surface area contributed by atoms with Crippen molar-refractivity contribution in [2.75, 3.05) is 19.8 Å². The SMILES string of the molecule is CC(N1CN=C2N=C(Cl)C(c3c(F)cc(OCCCN)cc3F)=C(N)N21)C(F)(F)F. The zero-order valence-electron chi connectivity index (χ0n) is 15.7. The van der Waals surface area contributed by atoms with Crippen molar-refractivity contribution in [3.05, 3.63) is 35.2 Å². The largest absolute Gasteiger partial charge is 0.493 e. The summed E-state index contributed by atoms with van der Waals surface area (Å²) in [6.07, 6.45) is -4.12. The van der Waals surface area contributed by atoms with Gasteiger partial charge in [-0.05, 0) is 19.9 Å². The fraction of sp³-hybridized carbons (Fsp3) is 0.412. The number of rotatable bonds is 6. The Morgan fingerprint density at radius 3 is 2.47 bits per heavy atom. The van der Waals surface area contributed by atoms with Crippen LogP contribution in [0.5, 0.6) is 5.75 Å². The lowest BCUT2D eigenvalue weighted by atomic mass is 10.0. The smallest absolute Gasteiger partial charge is 0.405 e. The van der Waals surface area contributed by atoms with E-state index in [9.17, 15) is 22.0 Å². The van der Waals surface area contributed by atoms with E-state index in [1.807, 2.05) is 0 Å². The molecule has 0 bridgehead atoms. The molecule has 0 fully saturated rings. The maximum Gasteiger partial charge on any atom is 0.405 e. The molecule has 4 N–H and O–H groups in total. The third kappa shape index (κ3) is 4.07. The van der Waals surface area contributed by atoms with Gasteiger partial charge in [-0.25, -0.2) is 18.8 Å². The molecule has 1 aromatic carbocycles. The van der Waals surface area contributed by atoms with E-state index in [0.29, 0.717) is 13.0 Å². The van der Waals surface area contributed by atoms with Crippen LogP contribution in [0, 0.1) is 11.6 Å². The highest BCUT2D eigenvalue weighted by molar-refractivity contribution is 6.77. The van der Waals surface area contributed by atoms with Gasteiger partial charge in [0.2, 0.25) is 5.96 Å². The van der Waals surface area contributed by atoms with Gasteiger partial charge in [-0.3, -0.25) is 0 Å². The quantitative estimate of drug-likeness (QED) is 0.511. The molecule has 3 rings (SSSR count). The molecule has 2 heterocycles. The second-order valence-electron chi connectivity index (χ2n) is 6.48. The van der Waals surface area contributed by atoms with Crippen LogP contribution in [0.2, 0.25) is 0 Å². The standard InChI is InChI=1S/C17H18ClF5N6O/c1-8(17(21,22)23)28-7-26-16-27-14(18)13(15(25)29(16)28)12-10(19)5-9(6-11(12)20)30-4-2-3-24/h5-6,8H,2-4,7,24-25H2,1H3. The molecule has 164 valence electrons. The summed E-state index contributed by atoms with van der Waals surface area (Å²) in [6, 6.07) is -0.148. The van der Waals surface area contributed by atoms with E-state index >= 15 is 0 Å². The van der Waals surface area contributed by atoms with Crippen molar-refractivity contribution in [1.82, 2.24) is 10.0 Å². The lowest BCUT2D eigenvalue weighted by Gasteiger charge is -2.36. The second kappa shape index (κ2) is 8.36. The average Bonchev–Trinajstić information content (AvgIpc) is 3.06. The van der Waals surface area contributed by atoms with Gasteiger partial charge in [0, 0.05) is 12.1 Å². The Balaban J connectivity index is 2.02. The topological polar surface area (TPSA) is 92.5 Å². The van der Waals surface area contributed by atoms with Gasteiger partial charge in [0.05, 0.1) is 17.7 Å². The number of guanidine groups is 1. The number of nitrogens with zero attached hydrogens (tertiary/aromatic N) is 4. The van der Waals surface area contributed by atoms with E-state index in [0.717, 1.165) is 29.1 Å². The first-order valence-corrected chi connectivity index (χ1v) is 9.18. The average molecular weight is 453 g/mol. The van der Waals surface area contributed by atoms with E-state index in [1.165, 1.54) is 0 Å². The van der Waals surface area contributed by atoms with E-state index in [-0.39, 0.29) is 23.9 Å². The number of hydrazine groups is 1. The minimum absolute atomic E-state index is 0.0824. The highest BCUT2D eigenvalue weighted by atomic mass is 35.5. The lowest BCUT2D eigenvalue weighted by molar-refractivity contribution is -0.198. The molecule has 30 heavy (non-hydrogen) atoms. The van der Waals surface area contributed by atoms with Gasteiger partial charge in [0.25, 0.3) is 0 Å². The highest BCUT2D eigenvalue weighted by Gasteiger charge is 2.47. The van der Waals surface area contributed by atoms with Crippen LogP contribution in [0.4, 0.5) is 22.0 Å². The minimum atomic E-state index is -4.60. The van der Waals surface area contributed by atoms with Gasteiger partial charge >= 0.3 is 6.18 Å². The van der Waals surface area contributed by atoms with Crippen LogP contribution in [0.25, 0.3) is 5.57 Å². The molecule has 0 spiro atoms. The van der Waals surface area contributed by atoms with Crippen LogP contribution in [0.15, 0.2) is 27.9 Å². The second-order valence-corrected chi connectivity index (χ2v) is 6.84. The van der Waals surface area contributed by atoms with Crippen LogP contribution in [-0.2, 0) is 0 Å². The molecule has 1 unspecified atom stereocenters. The summed E-state index contributed by atoms with van der Waals surface area (Å²) in [5.41, 5.74) is 10.3. The van der Waals surface area contributed by atoms with E-state index in [2.05, 4.69) is 9.98 Å². The minimum Gasteiger partial charge on any atom is -0.493 e. The van der Waals surface area contributed by atoms with Gasteiger partial charge in [-0.2, -0.15) is 23.2 Å². The molecule has 0 amide bonds. The van der Waals surface area contributed by atoms with Crippen LogP contribution in [-0.4, -0.2) is 53.2 Å². The number of alkyl halides is 3. The third-order valence-electron chi connectivity index (χ3n) is 4.50. The Labute approximate surface area is 173 Å². The first-order valence-electron chi connectivity index (χ1n) is 8.80. The molecule has 2 aliphatic heterocycles. The molecule has 0 radical (unpaired) electrons. The number of ether oxygens (including phenoxy) is 1. The van der Waals surface area contributed by atoms with Crippen molar-refractivity contribution in [2.45, 2.75) is 25.6 Å². The number of halogens is 6. The fourth-order valence-electron chi connectivity index (χ4n) is 2.91. The van der Waals surface area contributed by atoms with E-state index < -0.39 is 47.1 Å². The number of allylic oxidation sites excluding steroid dienone is 1. The predicted molar refractivity (Wildman–Crippen MR) is 101 cm³/mol. The van der Waals surface area contributed by atoms with Gasteiger partial charge in [0.1, 0.15) is 41.1 Å². The number of hydrogen-bond acceptors (Lipinski definition) is 7. The van der Waals surface area contributed by atoms with Gasteiger partial charge in [0.15, 0.2) is 0 Å². The van der Waals surface area contributed by atoms with E-state index in [4.69, 9.17) is 27.8 Å². The van der Waals surface area contributed by atoms with Crippen molar-refractivity contribution >= 4 is 28.3 Å². The first-order chi connectivity index (χ1) is 14.1. The molecule has 0 aliphatic carbocycles. The fourth-order valence-corrected chi connectivity index (χ4v) is 3.17. The number of fused-ring (bicyclic) bond motifs is 1. The van der Waals surface area contributed by atoms with Crippen molar-refractivity contribution < 1.29 is 26.7 Å². The normalized spacial score (nSPS) is 18.3. The third-order valence-corrected chi connectivity index (χ3v) is 4.77. The summed E-state index contributed by atoms with van der Waals surface area (Å²) >= 11 is 6.07. The van der Waals surface area contributed by atoms with Crippen LogP contribution in [0.1, 0.15) is 18.9 Å². The zero-order chi connectivity index (χ0) is 22.2. The van der Waals surface area contributed by atoms with Crippen LogP contribution >= 0.6 is 11.6 Å². The van der Waals surface area contributed by atoms with Gasteiger partial charge < -0.3 is 16.2 Å². The molecule has 0 saturated carbocycles. The molecule has 1 aromatic rings. The molecule has 0 saturated heterocycles. The highest BCUT2D eigenvalue weighted by Crippen LogP contribution is 2.36. The van der Waals surface area contributed by atoms with Crippen molar-refractivity contribution in [1.29, 1.82) is 0 Å². The van der Waals surface area contributed by atoms with E-state index in [1.54, 1.807) is 0 Å². The predicted octanol–water partition coefficient (Wildman–Crippen LogP) is 2.77. The summed E-state index contributed by atoms with van der Waals surface area (Å²) in [7, 11) is 0. The van der Waals surface area contributed by atoms with Crippen molar-refractivity contribution in [3.8, 4) is 5.75 Å². The Kier molecular flexibility index (Phi) is 6.20. The van der Waals surface area contributed by atoms with Crippen molar-refractivity contribution in [3.63, 3.8) is 0 Å². The number of hydrogen-bond donors (Lipinski definition) is 2. The maximum absolute atomic E-state index is 14.7. The summed E-state index contributed by atoms with van der Waals surface area (Å²) in [4.78, 5) is 7.73. The monoisotopic (exact) mass is 452 g/mol. The number of aliphatic imine (C=N–C) groups is 2. The molecule has 1 atom stereocenters. The molecule has 2 aliphatic rings. The molecule has 7 nitrogen and oxygen atoms in total. The summed E-state index contributed by atoms with van der Waals surface area (Å²) in [6.45, 7) is 0.987. The maximum atomic E-state index is 14.7. The lowest BCUT2D eigenvalue weighted by Crippen LogP contribution is -2.53. The Hall–Kier alpha value is -2.44. The number of nitrogens with two attached hydrogens (primary N) is 2. The summed E-state index contributed by atoms with van der Waals surface area (Å²) in [5, 5.41) is 1.22. The molecular weight excluding hydrogens is 435 g/mol. The molecule has 13 heteroatoms. The first kappa shape index (κ1) is 22.2. The molecule has 0 aromatic heterocycles. The Bertz CT molecular complexity index is 909. The Morgan fingerprint density at radius 2 is 1.90 bits per heavy atom. The van der Waals surface area contributed by atoms with Gasteiger partial charge in [-0.15, -0.1) is 0 Å². The van der Waals surface area contributed by atoms with Crippen LogP contribution in [0.3, 0.4) is 0 Å². The zero-order valence-corrected chi connectivity index (χ0v) is 16.4. The summed E-state index contributed by atoms with van der Waals surface area (Å²) < 4.78 is 74.3.